The quantitative estimate of drug-likeness (QED) is 0.676. The Hall–Kier alpha value is -0.290. The molecule has 5 heteroatoms. The SMILES string of the molecule is CCC(C)(CCCOCC(F)(F)F)CNC(C)(C)C. The van der Waals surface area contributed by atoms with Gasteiger partial charge in [-0.15, -0.1) is 0 Å². The molecule has 1 atom stereocenters. The van der Waals surface area contributed by atoms with E-state index in [1.54, 1.807) is 0 Å². The van der Waals surface area contributed by atoms with Gasteiger partial charge in [-0.3, -0.25) is 0 Å². The average Bonchev–Trinajstić information content (AvgIpc) is 2.23. The number of alkyl halides is 3. The topological polar surface area (TPSA) is 21.3 Å². The number of rotatable bonds is 8. The predicted molar refractivity (Wildman–Crippen MR) is 72.3 cm³/mol. The van der Waals surface area contributed by atoms with Gasteiger partial charge in [0.05, 0.1) is 0 Å². The minimum atomic E-state index is -4.22. The minimum absolute atomic E-state index is 0.0587. The lowest BCUT2D eigenvalue weighted by atomic mass is 9.82. The number of hydrogen-bond donors (Lipinski definition) is 1. The lowest BCUT2D eigenvalue weighted by Gasteiger charge is -2.33. The van der Waals surface area contributed by atoms with Gasteiger partial charge in [-0.25, -0.2) is 0 Å². The molecule has 0 aromatic rings. The van der Waals surface area contributed by atoms with E-state index in [4.69, 9.17) is 0 Å². The van der Waals surface area contributed by atoms with Crippen molar-refractivity contribution in [1.29, 1.82) is 0 Å². The Bertz CT molecular complexity index is 248. The van der Waals surface area contributed by atoms with Crippen LogP contribution in [0.25, 0.3) is 0 Å². The molecular formula is C14H28F3NO. The molecule has 0 saturated carbocycles. The van der Waals surface area contributed by atoms with Crippen LogP contribution in [-0.4, -0.2) is 31.5 Å². The molecule has 0 aromatic heterocycles. The van der Waals surface area contributed by atoms with Crippen molar-refractivity contribution in [3.8, 4) is 0 Å². The highest BCUT2D eigenvalue weighted by molar-refractivity contribution is 4.80. The third-order valence-electron chi connectivity index (χ3n) is 3.23. The fraction of sp³-hybridized carbons (Fsp3) is 1.00. The standard InChI is InChI=1S/C14H28F3NO/c1-6-13(5,10-18-12(2,3)4)8-7-9-19-11-14(15,16)17/h18H,6-11H2,1-5H3. The molecule has 0 fully saturated rings. The van der Waals surface area contributed by atoms with E-state index in [0.717, 1.165) is 19.4 Å². The first-order chi connectivity index (χ1) is 8.47. The Kier molecular flexibility index (Phi) is 7.37. The van der Waals surface area contributed by atoms with Crippen molar-refractivity contribution in [2.45, 2.75) is 65.6 Å². The molecule has 0 rings (SSSR count). The second-order valence-corrected chi connectivity index (χ2v) is 6.54. The van der Waals surface area contributed by atoms with E-state index in [-0.39, 0.29) is 17.6 Å². The van der Waals surface area contributed by atoms with Gasteiger partial charge >= 0.3 is 6.18 Å². The summed E-state index contributed by atoms with van der Waals surface area (Å²) in [5, 5.41) is 3.46. The van der Waals surface area contributed by atoms with Gasteiger partial charge in [0.2, 0.25) is 0 Å². The maximum absolute atomic E-state index is 11.9. The first-order valence-corrected chi connectivity index (χ1v) is 6.87. The van der Waals surface area contributed by atoms with Crippen LogP contribution in [0.15, 0.2) is 0 Å². The molecule has 1 N–H and O–H groups in total. The minimum Gasteiger partial charge on any atom is -0.372 e. The second-order valence-electron chi connectivity index (χ2n) is 6.54. The van der Waals surface area contributed by atoms with Crippen LogP contribution in [0.5, 0.6) is 0 Å². The highest BCUT2D eigenvalue weighted by Crippen LogP contribution is 2.27. The van der Waals surface area contributed by atoms with E-state index in [1.165, 1.54) is 0 Å². The van der Waals surface area contributed by atoms with Gasteiger partial charge in [0.1, 0.15) is 6.61 Å². The van der Waals surface area contributed by atoms with E-state index in [2.05, 4.69) is 44.7 Å². The maximum atomic E-state index is 11.9. The van der Waals surface area contributed by atoms with Gasteiger partial charge in [-0.05, 0) is 45.4 Å². The van der Waals surface area contributed by atoms with E-state index in [1.807, 2.05) is 0 Å². The Labute approximate surface area is 115 Å². The summed E-state index contributed by atoms with van der Waals surface area (Å²) in [6, 6.07) is 0. The van der Waals surface area contributed by atoms with Crippen LogP contribution in [0.2, 0.25) is 0 Å². The van der Waals surface area contributed by atoms with Gasteiger partial charge in [0.25, 0.3) is 0 Å². The number of nitrogens with one attached hydrogen (secondary N) is 1. The summed E-state index contributed by atoms with van der Waals surface area (Å²) < 4.78 is 40.3. The molecule has 0 amide bonds. The van der Waals surface area contributed by atoms with Crippen LogP contribution in [0.4, 0.5) is 13.2 Å². The molecule has 0 aliphatic carbocycles. The first-order valence-electron chi connectivity index (χ1n) is 6.87. The summed E-state index contributed by atoms with van der Waals surface area (Å²) in [5.74, 6) is 0. The summed E-state index contributed by atoms with van der Waals surface area (Å²) >= 11 is 0. The van der Waals surface area contributed by atoms with Gasteiger partial charge in [-0.1, -0.05) is 13.8 Å². The highest BCUT2D eigenvalue weighted by atomic mass is 19.4. The molecule has 0 aromatic carbocycles. The molecule has 0 aliphatic heterocycles. The van der Waals surface area contributed by atoms with Crippen LogP contribution < -0.4 is 5.32 Å². The van der Waals surface area contributed by atoms with Gasteiger partial charge in [-0.2, -0.15) is 13.2 Å². The van der Waals surface area contributed by atoms with Crippen LogP contribution in [0, 0.1) is 5.41 Å². The van der Waals surface area contributed by atoms with Gasteiger partial charge in [0, 0.05) is 18.7 Å². The Balaban J connectivity index is 3.92. The number of hydrogen-bond acceptors (Lipinski definition) is 2. The van der Waals surface area contributed by atoms with Crippen LogP contribution in [0.1, 0.15) is 53.9 Å². The van der Waals surface area contributed by atoms with Crippen molar-refractivity contribution in [3.05, 3.63) is 0 Å². The summed E-state index contributed by atoms with van der Waals surface area (Å²) in [6.45, 7) is 10.5. The van der Waals surface area contributed by atoms with E-state index in [9.17, 15) is 13.2 Å². The molecule has 0 aliphatic rings. The Morgan fingerprint density at radius 1 is 1.05 bits per heavy atom. The molecule has 0 bridgehead atoms. The smallest absolute Gasteiger partial charge is 0.372 e. The summed E-state index contributed by atoms with van der Waals surface area (Å²) in [6.07, 6.45) is -1.70. The fourth-order valence-electron chi connectivity index (χ4n) is 1.66. The first kappa shape index (κ1) is 18.7. The molecule has 0 heterocycles. The molecule has 1 unspecified atom stereocenters. The normalized spacial score (nSPS) is 16.4. The molecule has 0 saturated heterocycles. The maximum Gasteiger partial charge on any atom is 0.411 e. The van der Waals surface area contributed by atoms with Crippen molar-refractivity contribution < 1.29 is 17.9 Å². The molecule has 0 spiro atoms. The number of halogens is 3. The van der Waals surface area contributed by atoms with Crippen molar-refractivity contribution in [2.24, 2.45) is 5.41 Å². The monoisotopic (exact) mass is 283 g/mol. The molecular weight excluding hydrogens is 255 g/mol. The summed E-state index contributed by atoms with van der Waals surface area (Å²) in [4.78, 5) is 0. The molecule has 116 valence electrons. The zero-order chi connectivity index (χ0) is 15.2. The molecule has 19 heavy (non-hydrogen) atoms. The van der Waals surface area contributed by atoms with Crippen molar-refractivity contribution in [1.82, 2.24) is 5.32 Å². The van der Waals surface area contributed by atoms with Crippen molar-refractivity contribution in [2.75, 3.05) is 19.8 Å². The van der Waals surface area contributed by atoms with E-state index < -0.39 is 12.8 Å². The van der Waals surface area contributed by atoms with Crippen LogP contribution in [-0.2, 0) is 4.74 Å². The Morgan fingerprint density at radius 3 is 2.05 bits per heavy atom. The predicted octanol–water partition coefficient (Wildman–Crippen LogP) is 4.15. The zero-order valence-corrected chi connectivity index (χ0v) is 12.8. The second kappa shape index (κ2) is 7.48. The molecule has 2 nitrogen and oxygen atoms in total. The third-order valence-corrected chi connectivity index (χ3v) is 3.23. The van der Waals surface area contributed by atoms with Crippen LogP contribution >= 0.6 is 0 Å². The average molecular weight is 283 g/mol. The Morgan fingerprint density at radius 2 is 1.63 bits per heavy atom. The van der Waals surface area contributed by atoms with Crippen molar-refractivity contribution in [3.63, 3.8) is 0 Å². The fourth-order valence-corrected chi connectivity index (χ4v) is 1.66. The van der Waals surface area contributed by atoms with Gasteiger partial charge < -0.3 is 10.1 Å². The van der Waals surface area contributed by atoms with Gasteiger partial charge in [0.15, 0.2) is 0 Å². The third kappa shape index (κ3) is 11.3. The van der Waals surface area contributed by atoms with E-state index in [0.29, 0.717) is 6.42 Å². The lowest BCUT2D eigenvalue weighted by molar-refractivity contribution is -0.174. The van der Waals surface area contributed by atoms with E-state index >= 15 is 0 Å². The molecule has 0 radical (unpaired) electrons. The number of ether oxygens (including phenoxy) is 1. The summed E-state index contributed by atoms with van der Waals surface area (Å²) in [7, 11) is 0. The summed E-state index contributed by atoms with van der Waals surface area (Å²) in [5.41, 5.74) is 0.165. The lowest BCUT2D eigenvalue weighted by Crippen LogP contribution is -2.42. The largest absolute Gasteiger partial charge is 0.411 e. The highest BCUT2D eigenvalue weighted by Gasteiger charge is 2.28. The van der Waals surface area contributed by atoms with Crippen molar-refractivity contribution >= 4 is 0 Å². The van der Waals surface area contributed by atoms with Crippen LogP contribution in [0.3, 0.4) is 0 Å². The zero-order valence-electron chi connectivity index (χ0n) is 12.8.